The summed E-state index contributed by atoms with van der Waals surface area (Å²) in [5, 5.41) is 2.86. The van der Waals surface area contributed by atoms with E-state index in [1.165, 1.54) is 4.90 Å². The minimum atomic E-state index is -0.587. The average molecular weight is 348 g/mol. The fourth-order valence-electron chi connectivity index (χ4n) is 2.93. The predicted octanol–water partition coefficient (Wildman–Crippen LogP) is 2.80. The van der Waals surface area contributed by atoms with E-state index in [4.69, 9.17) is 14.2 Å². The van der Waals surface area contributed by atoms with Gasteiger partial charge in [0.05, 0.1) is 0 Å². The van der Waals surface area contributed by atoms with Crippen LogP contribution in [-0.4, -0.2) is 48.3 Å². The van der Waals surface area contributed by atoms with Crippen molar-refractivity contribution >= 4 is 17.7 Å². The number of carbonyl (C=O) groups excluding carboxylic acids is 2. The Kier molecular flexibility index (Phi) is 4.74. The highest BCUT2D eigenvalue weighted by molar-refractivity contribution is 5.97. The molecule has 0 saturated carbocycles. The van der Waals surface area contributed by atoms with Crippen LogP contribution in [-0.2, 0) is 9.53 Å². The molecule has 0 spiro atoms. The first-order valence-corrected chi connectivity index (χ1v) is 8.54. The lowest BCUT2D eigenvalue weighted by atomic mass is 10.2. The molecule has 1 aromatic carbocycles. The summed E-state index contributed by atoms with van der Waals surface area (Å²) < 4.78 is 16.4. The quantitative estimate of drug-likeness (QED) is 0.889. The van der Waals surface area contributed by atoms with Crippen molar-refractivity contribution in [1.82, 2.24) is 4.90 Å². The molecule has 0 aliphatic carbocycles. The zero-order valence-electron chi connectivity index (χ0n) is 14.8. The molecule has 7 heteroatoms. The highest BCUT2D eigenvalue weighted by atomic mass is 16.6. The van der Waals surface area contributed by atoms with Crippen LogP contribution in [0, 0.1) is 0 Å². The van der Waals surface area contributed by atoms with Crippen LogP contribution in [0.15, 0.2) is 18.2 Å². The van der Waals surface area contributed by atoms with E-state index in [1.54, 1.807) is 18.2 Å². The van der Waals surface area contributed by atoms with Crippen molar-refractivity contribution in [1.29, 1.82) is 0 Å². The number of likely N-dealkylation sites (tertiary alicyclic amines) is 1. The monoisotopic (exact) mass is 348 g/mol. The van der Waals surface area contributed by atoms with Crippen molar-refractivity contribution in [3.05, 3.63) is 18.2 Å². The van der Waals surface area contributed by atoms with Crippen LogP contribution in [0.4, 0.5) is 10.5 Å². The highest BCUT2D eigenvalue weighted by Crippen LogP contribution is 2.33. The molecule has 7 nitrogen and oxygen atoms in total. The van der Waals surface area contributed by atoms with Crippen molar-refractivity contribution in [3.8, 4) is 11.5 Å². The number of ether oxygens (including phenoxy) is 3. The number of nitrogens with zero attached hydrogens (tertiary/aromatic N) is 1. The number of anilines is 1. The van der Waals surface area contributed by atoms with E-state index < -0.39 is 17.7 Å². The van der Waals surface area contributed by atoms with Gasteiger partial charge in [-0.05, 0) is 45.7 Å². The number of amides is 2. The van der Waals surface area contributed by atoms with Gasteiger partial charge in [-0.3, -0.25) is 9.69 Å². The topological polar surface area (TPSA) is 77.1 Å². The van der Waals surface area contributed by atoms with Gasteiger partial charge in [-0.25, -0.2) is 4.79 Å². The van der Waals surface area contributed by atoms with Crippen LogP contribution in [0.5, 0.6) is 11.5 Å². The smallest absolute Gasteiger partial charge is 0.410 e. The summed E-state index contributed by atoms with van der Waals surface area (Å²) in [4.78, 5) is 26.4. The van der Waals surface area contributed by atoms with Gasteiger partial charge in [-0.15, -0.1) is 0 Å². The van der Waals surface area contributed by atoms with Gasteiger partial charge >= 0.3 is 6.09 Å². The first-order chi connectivity index (χ1) is 11.8. The number of benzene rings is 1. The van der Waals surface area contributed by atoms with Crippen LogP contribution < -0.4 is 14.8 Å². The van der Waals surface area contributed by atoms with Gasteiger partial charge < -0.3 is 19.5 Å². The van der Waals surface area contributed by atoms with Crippen LogP contribution in [0.25, 0.3) is 0 Å². The van der Waals surface area contributed by atoms with Gasteiger partial charge in [0.1, 0.15) is 24.9 Å². The SMILES string of the molecule is CC(C)(C)OC(=O)N1CCC[C@H]1C(=O)Nc1ccc2c(c1)OCCO2. The maximum atomic E-state index is 12.6. The molecule has 1 saturated heterocycles. The fraction of sp³-hybridized carbons (Fsp3) is 0.556. The second-order valence-corrected chi connectivity index (χ2v) is 7.18. The molecule has 1 aromatic rings. The molecule has 3 rings (SSSR count). The number of hydrogen-bond acceptors (Lipinski definition) is 5. The summed E-state index contributed by atoms with van der Waals surface area (Å²) >= 11 is 0. The standard InChI is InChI=1S/C18H24N2O5/c1-18(2,3)25-17(22)20-8-4-5-13(20)16(21)19-12-6-7-14-15(11-12)24-10-9-23-14/h6-7,11,13H,4-5,8-10H2,1-3H3,(H,19,21)/t13-/m0/s1. The highest BCUT2D eigenvalue weighted by Gasteiger charge is 2.36. The van der Waals surface area contributed by atoms with Crippen molar-refractivity contribution < 1.29 is 23.8 Å². The number of fused-ring (bicyclic) bond motifs is 1. The molecule has 1 fully saturated rings. The second-order valence-electron chi connectivity index (χ2n) is 7.18. The van der Waals surface area contributed by atoms with Crippen LogP contribution in [0.3, 0.4) is 0 Å². The van der Waals surface area contributed by atoms with Crippen LogP contribution >= 0.6 is 0 Å². The maximum Gasteiger partial charge on any atom is 0.410 e. The molecule has 2 aliphatic rings. The van der Waals surface area contributed by atoms with Crippen LogP contribution in [0.1, 0.15) is 33.6 Å². The Morgan fingerprint density at radius 3 is 2.64 bits per heavy atom. The normalized spacial score (nSPS) is 19.5. The Morgan fingerprint density at radius 2 is 1.92 bits per heavy atom. The summed E-state index contributed by atoms with van der Waals surface area (Å²) in [6.07, 6.45) is 0.945. The van der Waals surface area contributed by atoms with Crippen molar-refractivity contribution in [2.45, 2.75) is 45.3 Å². The minimum Gasteiger partial charge on any atom is -0.486 e. The summed E-state index contributed by atoms with van der Waals surface area (Å²) in [5.41, 5.74) is 0.0292. The summed E-state index contributed by atoms with van der Waals surface area (Å²) in [5.74, 6) is 1.06. The van der Waals surface area contributed by atoms with Gasteiger partial charge in [0.2, 0.25) is 5.91 Å². The third-order valence-electron chi connectivity index (χ3n) is 3.99. The fourth-order valence-corrected chi connectivity index (χ4v) is 2.93. The Morgan fingerprint density at radius 1 is 1.20 bits per heavy atom. The number of rotatable bonds is 2. The van der Waals surface area contributed by atoms with Crippen molar-refractivity contribution in [3.63, 3.8) is 0 Å². The Hall–Kier alpha value is -2.44. The molecule has 2 amide bonds. The van der Waals surface area contributed by atoms with Gasteiger partial charge in [0, 0.05) is 18.3 Å². The van der Waals surface area contributed by atoms with Gasteiger partial charge in [-0.1, -0.05) is 0 Å². The predicted molar refractivity (Wildman–Crippen MR) is 92.0 cm³/mol. The number of nitrogens with one attached hydrogen (secondary N) is 1. The lowest BCUT2D eigenvalue weighted by Crippen LogP contribution is -2.45. The first-order valence-electron chi connectivity index (χ1n) is 8.54. The molecule has 0 bridgehead atoms. The molecule has 2 aliphatic heterocycles. The molecule has 0 unspecified atom stereocenters. The zero-order valence-corrected chi connectivity index (χ0v) is 14.8. The van der Waals surface area contributed by atoms with E-state index in [-0.39, 0.29) is 5.91 Å². The zero-order chi connectivity index (χ0) is 18.0. The minimum absolute atomic E-state index is 0.222. The van der Waals surface area contributed by atoms with E-state index >= 15 is 0 Å². The molecule has 136 valence electrons. The Labute approximate surface area is 147 Å². The van der Waals surface area contributed by atoms with E-state index in [1.807, 2.05) is 20.8 Å². The number of hydrogen-bond donors (Lipinski definition) is 1. The molecule has 0 aromatic heterocycles. The van der Waals surface area contributed by atoms with Gasteiger partial charge in [0.25, 0.3) is 0 Å². The third kappa shape index (κ3) is 4.15. The molecule has 2 heterocycles. The van der Waals surface area contributed by atoms with E-state index in [2.05, 4.69) is 5.32 Å². The van der Waals surface area contributed by atoms with E-state index in [0.29, 0.717) is 43.4 Å². The molecular formula is C18H24N2O5. The molecule has 1 N–H and O–H groups in total. The van der Waals surface area contributed by atoms with E-state index in [9.17, 15) is 9.59 Å². The summed E-state index contributed by atoms with van der Waals surface area (Å²) in [7, 11) is 0. The number of carbonyl (C=O) groups is 2. The van der Waals surface area contributed by atoms with Crippen LogP contribution in [0.2, 0.25) is 0 Å². The third-order valence-corrected chi connectivity index (χ3v) is 3.99. The summed E-state index contributed by atoms with van der Waals surface area (Å²) in [6.45, 7) is 6.96. The lowest BCUT2D eigenvalue weighted by molar-refractivity contribution is -0.120. The lowest BCUT2D eigenvalue weighted by Gasteiger charge is -2.28. The largest absolute Gasteiger partial charge is 0.486 e. The molecule has 0 radical (unpaired) electrons. The van der Waals surface area contributed by atoms with Crippen molar-refractivity contribution in [2.75, 3.05) is 25.1 Å². The van der Waals surface area contributed by atoms with Gasteiger partial charge in [-0.2, -0.15) is 0 Å². The second kappa shape index (κ2) is 6.82. The first kappa shape index (κ1) is 17.4. The molecule has 1 atom stereocenters. The van der Waals surface area contributed by atoms with Gasteiger partial charge in [0.15, 0.2) is 11.5 Å². The average Bonchev–Trinajstić information content (AvgIpc) is 3.03. The molecular weight excluding hydrogens is 324 g/mol. The Bertz CT molecular complexity index is 668. The summed E-state index contributed by atoms with van der Waals surface area (Å²) in [6, 6.07) is 4.74. The molecule has 25 heavy (non-hydrogen) atoms. The van der Waals surface area contributed by atoms with E-state index in [0.717, 1.165) is 6.42 Å². The Balaban J connectivity index is 1.67. The maximum absolute atomic E-state index is 12.6. The van der Waals surface area contributed by atoms with Crippen molar-refractivity contribution in [2.24, 2.45) is 0 Å².